The normalized spacial score (nSPS) is 11.6. The second kappa shape index (κ2) is 7.55. The number of hydrogen-bond donors (Lipinski definition) is 1. The number of aromatic nitrogens is 2. The summed E-state index contributed by atoms with van der Waals surface area (Å²) in [5.74, 6) is 0.0695. The number of fused-ring (bicyclic) bond motifs is 1. The Labute approximate surface area is 169 Å². The van der Waals surface area contributed by atoms with E-state index in [9.17, 15) is 18.0 Å². The Morgan fingerprint density at radius 2 is 1.70 bits per heavy atom. The second-order valence-electron chi connectivity index (χ2n) is 6.66. The Hall–Kier alpha value is -3.81. The van der Waals surface area contributed by atoms with Crippen LogP contribution in [0.2, 0.25) is 0 Å². The van der Waals surface area contributed by atoms with Crippen molar-refractivity contribution in [3.05, 3.63) is 89.7 Å². The van der Waals surface area contributed by atoms with Crippen LogP contribution in [0.3, 0.4) is 0 Å². The van der Waals surface area contributed by atoms with Gasteiger partial charge in [-0.05, 0) is 60.2 Å². The molecule has 0 spiro atoms. The standard InChI is InChI=1S/C22H16F3N3O2/c23-22(24,25)16-4-1-14(2-5-16)12-30-18-8-6-17(7-9-18)28-13-27-19-11-15(21(26)29)3-10-20(19)28/h1-11,13H,12H2,(H2,26,29). The molecule has 0 atom stereocenters. The maximum absolute atomic E-state index is 12.6. The molecule has 3 aromatic carbocycles. The molecule has 0 bridgehead atoms. The number of halogens is 3. The van der Waals surface area contributed by atoms with E-state index in [1.165, 1.54) is 12.1 Å². The molecule has 0 aliphatic heterocycles. The van der Waals surface area contributed by atoms with Crippen LogP contribution in [0.15, 0.2) is 73.1 Å². The molecule has 0 aliphatic carbocycles. The van der Waals surface area contributed by atoms with Crippen LogP contribution in [-0.2, 0) is 12.8 Å². The number of carbonyl (C=O) groups is 1. The lowest BCUT2D eigenvalue weighted by Crippen LogP contribution is -2.10. The van der Waals surface area contributed by atoms with Gasteiger partial charge in [0.25, 0.3) is 0 Å². The predicted octanol–water partition coefficient (Wildman–Crippen LogP) is 4.72. The Balaban J connectivity index is 1.47. The van der Waals surface area contributed by atoms with E-state index < -0.39 is 17.6 Å². The van der Waals surface area contributed by atoms with Crippen molar-refractivity contribution in [1.29, 1.82) is 0 Å². The van der Waals surface area contributed by atoms with Crippen LogP contribution in [0.25, 0.3) is 16.7 Å². The highest BCUT2D eigenvalue weighted by atomic mass is 19.4. The molecule has 5 nitrogen and oxygen atoms in total. The van der Waals surface area contributed by atoms with E-state index in [2.05, 4.69) is 4.98 Å². The molecule has 8 heteroatoms. The van der Waals surface area contributed by atoms with Gasteiger partial charge in [-0.1, -0.05) is 12.1 Å². The molecule has 0 radical (unpaired) electrons. The smallest absolute Gasteiger partial charge is 0.416 e. The number of nitrogens with zero attached hydrogens (tertiary/aromatic N) is 2. The first kappa shape index (κ1) is 19.5. The Kier molecular flexibility index (Phi) is 4.91. The van der Waals surface area contributed by atoms with Gasteiger partial charge >= 0.3 is 6.18 Å². The van der Waals surface area contributed by atoms with Gasteiger partial charge in [0, 0.05) is 11.3 Å². The fourth-order valence-electron chi connectivity index (χ4n) is 3.03. The number of carbonyl (C=O) groups excluding carboxylic acids is 1. The number of alkyl halides is 3. The number of nitrogens with two attached hydrogens (primary N) is 1. The lowest BCUT2D eigenvalue weighted by Gasteiger charge is -2.10. The molecular weight excluding hydrogens is 395 g/mol. The van der Waals surface area contributed by atoms with Gasteiger partial charge in [0.1, 0.15) is 18.7 Å². The Morgan fingerprint density at radius 3 is 2.33 bits per heavy atom. The number of ether oxygens (including phenoxy) is 1. The molecule has 1 amide bonds. The van der Waals surface area contributed by atoms with Crippen molar-refractivity contribution < 1.29 is 22.7 Å². The minimum atomic E-state index is -4.35. The molecule has 0 saturated heterocycles. The molecule has 0 fully saturated rings. The van der Waals surface area contributed by atoms with Gasteiger partial charge in [-0.3, -0.25) is 9.36 Å². The van der Waals surface area contributed by atoms with Crippen molar-refractivity contribution in [2.45, 2.75) is 12.8 Å². The predicted molar refractivity (Wildman–Crippen MR) is 105 cm³/mol. The van der Waals surface area contributed by atoms with Crippen molar-refractivity contribution in [3.8, 4) is 11.4 Å². The third-order valence-electron chi connectivity index (χ3n) is 4.63. The molecule has 2 N–H and O–H groups in total. The summed E-state index contributed by atoms with van der Waals surface area (Å²) in [6, 6.07) is 17.1. The summed E-state index contributed by atoms with van der Waals surface area (Å²) in [6.07, 6.45) is -2.71. The maximum atomic E-state index is 12.6. The Bertz CT molecular complexity index is 1200. The van der Waals surface area contributed by atoms with Gasteiger partial charge in [-0.15, -0.1) is 0 Å². The molecular formula is C22H16F3N3O2. The van der Waals surface area contributed by atoms with Crippen LogP contribution < -0.4 is 10.5 Å². The van der Waals surface area contributed by atoms with E-state index in [0.29, 0.717) is 22.4 Å². The fourth-order valence-corrected chi connectivity index (χ4v) is 3.03. The zero-order valence-corrected chi connectivity index (χ0v) is 15.6. The molecule has 4 aromatic rings. The molecule has 0 unspecified atom stereocenters. The van der Waals surface area contributed by atoms with E-state index in [-0.39, 0.29) is 6.61 Å². The average molecular weight is 411 g/mol. The summed E-state index contributed by atoms with van der Waals surface area (Å²) in [6.45, 7) is 0.154. The lowest BCUT2D eigenvalue weighted by molar-refractivity contribution is -0.137. The highest BCUT2D eigenvalue weighted by Gasteiger charge is 2.29. The van der Waals surface area contributed by atoms with Crippen LogP contribution in [0.1, 0.15) is 21.5 Å². The number of primary amides is 1. The van der Waals surface area contributed by atoms with E-state index in [1.54, 1.807) is 36.7 Å². The Morgan fingerprint density at radius 1 is 1.00 bits per heavy atom. The molecule has 4 rings (SSSR count). The summed E-state index contributed by atoms with van der Waals surface area (Å²) in [7, 11) is 0. The van der Waals surface area contributed by atoms with Gasteiger partial charge in [0.05, 0.1) is 16.6 Å². The minimum Gasteiger partial charge on any atom is -0.489 e. The van der Waals surface area contributed by atoms with E-state index in [4.69, 9.17) is 10.5 Å². The van der Waals surface area contributed by atoms with Crippen LogP contribution in [0.4, 0.5) is 13.2 Å². The zero-order valence-electron chi connectivity index (χ0n) is 15.6. The summed E-state index contributed by atoms with van der Waals surface area (Å²) in [5.41, 5.74) is 7.94. The minimum absolute atomic E-state index is 0.154. The average Bonchev–Trinajstić information content (AvgIpc) is 3.15. The second-order valence-corrected chi connectivity index (χ2v) is 6.66. The van der Waals surface area contributed by atoms with Gasteiger partial charge in [0.2, 0.25) is 5.91 Å². The molecule has 1 heterocycles. The van der Waals surface area contributed by atoms with Crippen molar-refractivity contribution in [2.75, 3.05) is 0 Å². The molecule has 0 saturated carbocycles. The first-order chi connectivity index (χ1) is 14.3. The first-order valence-electron chi connectivity index (χ1n) is 8.97. The third-order valence-corrected chi connectivity index (χ3v) is 4.63. The summed E-state index contributed by atoms with van der Waals surface area (Å²) < 4.78 is 45.4. The van der Waals surface area contributed by atoms with Crippen molar-refractivity contribution in [2.24, 2.45) is 5.73 Å². The highest BCUT2D eigenvalue weighted by molar-refractivity contribution is 5.96. The van der Waals surface area contributed by atoms with E-state index >= 15 is 0 Å². The zero-order chi connectivity index (χ0) is 21.3. The largest absolute Gasteiger partial charge is 0.489 e. The number of amides is 1. The van der Waals surface area contributed by atoms with Crippen LogP contribution in [0, 0.1) is 0 Å². The lowest BCUT2D eigenvalue weighted by atomic mass is 10.1. The molecule has 0 aliphatic rings. The topological polar surface area (TPSA) is 70.1 Å². The van der Waals surface area contributed by atoms with Crippen molar-refractivity contribution >= 4 is 16.9 Å². The van der Waals surface area contributed by atoms with Gasteiger partial charge in [0.15, 0.2) is 0 Å². The molecule has 1 aromatic heterocycles. The summed E-state index contributed by atoms with van der Waals surface area (Å²) in [5, 5.41) is 0. The quantitative estimate of drug-likeness (QED) is 0.517. The van der Waals surface area contributed by atoms with E-state index in [1.807, 2.05) is 16.7 Å². The van der Waals surface area contributed by atoms with Gasteiger partial charge < -0.3 is 10.5 Å². The summed E-state index contributed by atoms with van der Waals surface area (Å²) >= 11 is 0. The number of hydrogen-bond acceptors (Lipinski definition) is 3. The maximum Gasteiger partial charge on any atom is 0.416 e. The number of benzene rings is 3. The molecule has 30 heavy (non-hydrogen) atoms. The van der Waals surface area contributed by atoms with Crippen LogP contribution in [0.5, 0.6) is 5.75 Å². The van der Waals surface area contributed by atoms with Crippen LogP contribution >= 0.6 is 0 Å². The molecule has 152 valence electrons. The van der Waals surface area contributed by atoms with Crippen molar-refractivity contribution in [1.82, 2.24) is 9.55 Å². The third kappa shape index (κ3) is 3.98. The summed E-state index contributed by atoms with van der Waals surface area (Å²) in [4.78, 5) is 15.6. The number of imidazole rings is 1. The monoisotopic (exact) mass is 411 g/mol. The first-order valence-corrected chi connectivity index (χ1v) is 8.97. The van der Waals surface area contributed by atoms with Gasteiger partial charge in [-0.25, -0.2) is 4.98 Å². The fraction of sp³-hybridized carbons (Fsp3) is 0.0909. The van der Waals surface area contributed by atoms with Crippen molar-refractivity contribution in [3.63, 3.8) is 0 Å². The SMILES string of the molecule is NC(=O)c1ccc2c(c1)ncn2-c1ccc(OCc2ccc(C(F)(F)F)cc2)cc1. The van der Waals surface area contributed by atoms with E-state index in [0.717, 1.165) is 23.3 Å². The number of rotatable bonds is 5. The highest BCUT2D eigenvalue weighted by Crippen LogP contribution is 2.29. The van der Waals surface area contributed by atoms with Crippen LogP contribution in [-0.4, -0.2) is 15.5 Å². The van der Waals surface area contributed by atoms with Gasteiger partial charge in [-0.2, -0.15) is 13.2 Å².